The third-order valence-electron chi connectivity index (χ3n) is 11.3. The van der Waals surface area contributed by atoms with Crippen LogP contribution < -0.4 is 0 Å². The lowest BCUT2D eigenvalue weighted by Gasteiger charge is -2.23. The summed E-state index contributed by atoms with van der Waals surface area (Å²) < 4.78 is 32.9. The van der Waals surface area contributed by atoms with E-state index in [9.17, 15) is 0 Å². The summed E-state index contributed by atoms with van der Waals surface area (Å²) in [6, 6.07) is 51.3. The molecule has 0 spiro atoms. The van der Waals surface area contributed by atoms with Crippen molar-refractivity contribution < 1.29 is 17.7 Å². The molecule has 0 saturated heterocycles. The van der Waals surface area contributed by atoms with Crippen LogP contribution in [-0.2, 0) is 0 Å². The largest absolute Gasteiger partial charge is 0.455 e. The molecule has 0 amide bonds. The quantitative estimate of drug-likeness (QED) is 0.131. The van der Waals surface area contributed by atoms with Gasteiger partial charge in [0.15, 0.2) is 11.2 Å². The molecule has 0 aliphatic heterocycles. The Kier molecular flexibility index (Phi) is 5.02. The maximum atomic E-state index is 7.11. The van der Waals surface area contributed by atoms with Crippen molar-refractivity contribution in [3.05, 3.63) is 146 Å². The highest BCUT2D eigenvalue weighted by Gasteiger charge is 2.28. The summed E-state index contributed by atoms with van der Waals surface area (Å²) in [7, 11) is -1.99. The number of hydrogen-bond donors (Lipinski definition) is 0. The first-order valence-corrected chi connectivity index (χ1v) is 20.7. The highest BCUT2D eigenvalue weighted by molar-refractivity contribution is 7.64. The zero-order valence-corrected chi connectivity index (χ0v) is 30.1. The summed E-state index contributed by atoms with van der Waals surface area (Å²) in [6.07, 6.45) is 0. The van der Waals surface area contributed by atoms with Crippen LogP contribution in [-0.4, -0.2) is 9.13 Å². The summed E-state index contributed by atoms with van der Waals surface area (Å²) in [5, 5.41) is 9.02. The zero-order valence-electron chi connectivity index (χ0n) is 28.3. The van der Waals surface area contributed by atoms with Crippen LogP contribution in [0.25, 0.3) is 120 Å². The number of nitrogens with zero attached hydrogens (tertiary/aromatic N) is 2. The average Bonchev–Trinajstić information content (AvgIpc) is 3.22. The van der Waals surface area contributed by atoms with E-state index in [0.29, 0.717) is 0 Å². The molecule has 2 unspecified atom stereocenters. The van der Waals surface area contributed by atoms with Gasteiger partial charge in [-0.15, -0.1) is 0 Å². The van der Waals surface area contributed by atoms with E-state index < -0.39 is 14.7 Å². The van der Waals surface area contributed by atoms with Gasteiger partial charge in [-0.3, -0.25) is 0 Å². The first kappa shape index (κ1) is 28.0. The smallest absolute Gasteiger partial charge is 0.150 e. The van der Waals surface area contributed by atoms with Gasteiger partial charge in [-0.25, -0.2) is 0 Å². The average molecular weight is 731 g/mol. The molecule has 2 atom stereocenters. The molecule has 0 fully saturated rings. The fraction of sp³-hybridized carbons (Fsp3) is 0. The fourth-order valence-electron chi connectivity index (χ4n) is 9.29. The van der Waals surface area contributed by atoms with Gasteiger partial charge < -0.3 is 26.8 Å². The monoisotopic (exact) mass is 730 g/mol. The molecule has 54 heavy (non-hydrogen) atoms. The second-order valence-corrected chi connectivity index (χ2v) is 18.1. The topological polar surface area (TPSA) is 62.4 Å². The number of hydrogen-bond acceptors (Lipinski definition) is 4. The number of para-hydroxylation sites is 2. The van der Waals surface area contributed by atoms with Crippen molar-refractivity contribution in [1.29, 1.82) is 0 Å². The Morgan fingerprint density at radius 1 is 0.315 bits per heavy atom. The van der Waals surface area contributed by atoms with E-state index in [0.717, 1.165) is 99.1 Å². The molecule has 6 aromatic heterocycles. The first-order valence-electron chi connectivity index (χ1n) is 18.0. The van der Waals surface area contributed by atoms with Gasteiger partial charge in [-0.05, 0) is 84.9 Å². The molecule has 8 aromatic carbocycles. The highest BCUT2D eigenvalue weighted by atomic mass is 31.1. The van der Waals surface area contributed by atoms with Crippen molar-refractivity contribution in [3.63, 3.8) is 0 Å². The molecule has 6 heterocycles. The van der Waals surface area contributed by atoms with E-state index in [4.69, 9.17) is 17.7 Å². The molecule has 0 aliphatic rings. The van der Waals surface area contributed by atoms with Crippen LogP contribution in [0.4, 0.5) is 0 Å². The maximum Gasteiger partial charge on any atom is 0.150 e. The summed E-state index contributed by atoms with van der Waals surface area (Å²) in [5.41, 5.74) is 13.6. The Bertz CT molecular complexity index is 3580. The molecule has 14 rings (SSSR count). The minimum atomic E-state index is -0.997. The van der Waals surface area contributed by atoms with E-state index in [1.165, 1.54) is 20.5 Å². The Hall–Kier alpha value is -6.58. The Labute approximate surface area is 305 Å². The maximum absolute atomic E-state index is 7.11. The number of fused-ring (bicyclic) bond motifs is 3. The van der Waals surface area contributed by atoms with Crippen molar-refractivity contribution in [1.82, 2.24) is 9.13 Å². The van der Waals surface area contributed by atoms with Gasteiger partial charge in [-0.1, -0.05) is 75.3 Å². The molecular formula is C46H24N2O4P2. The third kappa shape index (κ3) is 3.28. The van der Waals surface area contributed by atoms with E-state index in [-0.39, 0.29) is 0 Å². The molecule has 6 nitrogen and oxygen atoms in total. The van der Waals surface area contributed by atoms with Crippen LogP contribution in [0.5, 0.6) is 0 Å². The van der Waals surface area contributed by atoms with Crippen LogP contribution in [0.2, 0.25) is 0 Å². The molecule has 14 aromatic rings. The number of aromatic nitrogens is 2. The highest BCUT2D eigenvalue weighted by Crippen LogP contribution is 2.59. The first-order chi connectivity index (χ1) is 26.8. The summed E-state index contributed by atoms with van der Waals surface area (Å²) >= 11 is 0. The lowest BCUT2D eigenvalue weighted by molar-refractivity contribution is 0.648. The van der Waals surface area contributed by atoms with Crippen LogP contribution in [0.15, 0.2) is 163 Å². The van der Waals surface area contributed by atoms with Gasteiger partial charge in [-0.2, -0.15) is 0 Å². The second-order valence-electron chi connectivity index (χ2n) is 14.1. The lowest BCUT2D eigenvalue weighted by atomic mass is 10.1. The molecule has 0 aliphatic carbocycles. The van der Waals surface area contributed by atoms with Crippen molar-refractivity contribution in [2.24, 2.45) is 0 Å². The van der Waals surface area contributed by atoms with Gasteiger partial charge in [0.05, 0.1) is 52.8 Å². The summed E-state index contributed by atoms with van der Waals surface area (Å²) in [5.74, 6) is 0. The molecule has 8 heteroatoms. The molecular weight excluding hydrogens is 706 g/mol. The standard InChI is InChI=1S/C46H24N2O4P2/c1-3-11-25(12-4-1)47-29-15-7-19-33-41(29)53-43-31(47)17-9-21-35(43)51-39-27-24-38-46-40(28(27)23-37(49-33)45(39)53)52-36-22-10-18-32-44(36)54(46)42-30(16-8-20-34(42)50-38)48(32)26-13-5-2-6-14-26/h1-24H. The number of rotatable bonds is 2. The Morgan fingerprint density at radius 2 is 0.667 bits per heavy atom. The molecule has 0 bridgehead atoms. The SMILES string of the molecule is c1ccc(-n2c3cccc4oc5cc6c(cc7oc8cccc9c8p8c7c6oc6cccc(c68)n9-c6ccccc6)c6oc7cccc2c7p(c56)c43)cc1. The van der Waals surface area contributed by atoms with E-state index in [1.807, 2.05) is 0 Å². The van der Waals surface area contributed by atoms with Crippen molar-refractivity contribution in [2.75, 3.05) is 0 Å². The van der Waals surface area contributed by atoms with E-state index in [1.54, 1.807) is 0 Å². The molecule has 0 radical (unpaired) electrons. The van der Waals surface area contributed by atoms with Crippen molar-refractivity contribution in [2.45, 2.75) is 0 Å². The van der Waals surface area contributed by atoms with Gasteiger partial charge >= 0.3 is 0 Å². The van der Waals surface area contributed by atoms with Crippen LogP contribution in [0, 0.1) is 0 Å². The Morgan fingerprint density at radius 3 is 1.04 bits per heavy atom. The third-order valence-corrected chi connectivity index (χ3v) is 16.7. The normalized spacial score (nSPS) is 13.5. The molecule has 0 saturated carbocycles. The van der Waals surface area contributed by atoms with E-state index in [2.05, 4.69) is 155 Å². The minimum absolute atomic E-state index is 0.823. The van der Waals surface area contributed by atoms with E-state index >= 15 is 0 Å². The van der Waals surface area contributed by atoms with Gasteiger partial charge in [0.2, 0.25) is 0 Å². The molecule has 0 N–H and O–H groups in total. The van der Waals surface area contributed by atoms with Crippen LogP contribution in [0.3, 0.4) is 0 Å². The fourth-order valence-corrected chi connectivity index (χ4v) is 15.0. The predicted octanol–water partition coefficient (Wildman–Crippen LogP) is 14.9. The summed E-state index contributed by atoms with van der Waals surface area (Å²) in [6.45, 7) is 0. The zero-order chi connectivity index (χ0) is 34.8. The van der Waals surface area contributed by atoms with Crippen LogP contribution in [0.1, 0.15) is 0 Å². The Balaban J connectivity index is 1.22. The number of benzene rings is 8. The van der Waals surface area contributed by atoms with Gasteiger partial charge in [0, 0.05) is 22.1 Å². The van der Waals surface area contributed by atoms with Gasteiger partial charge in [0.1, 0.15) is 33.5 Å². The van der Waals surface area contributed by atoms with Gasteiger partial charge in [0.25, 0.3) is 0 Å². The molecule has 252 valence electrons. The summed E-state index contributed by atoms with van der Waals surface area (Å²) in [4.78, 5) is 0. The predicted molar refractivity (Wildman–Crippen MR) is 223 cm³/mol. The van der Waals surface area contributed by atoms with Crippen molar-refractivity contribution in [3.8, 4) is 11.4 Å². The lowest BCUT2D eigenvalue weighted by Crippen LogP contribution is -2.00. The van der Waals surface area contributed by atoms with Crippen molar-refractivity contribution >= 4 is 123 Å². The second kappa shape index (κ2) is 9.69. The van der Waals surface area contributed by atoms with Crippen LogP contribution >= 0.6 is 14.7 Å². The minimum Gasteiger partial charge on any atom is -0.455 e.